The Morgan fingerprint density at radius 2 is 1.55 bits per heavy atom. The summed E-state index contributed by atoms with van der Waals surface area (Å²) in [6.45, 7) is 4.73. The minimum atomic E-state index is -1.05. The number of carboxylic acid groups (broad SMARTS) is 1. The summed E-state index contributed by atoms with van der Waals surface area (Å²) >= 11 is 1.48. The third-order valence-electron chi connectivity index (χ3n) is 8.33. The number of nitrogens with zero attached hydrogens (tertiary/aromatic N) is 2. The van der Waals surface area contributed by atoms with E-state index in [1.54, 1.807) is 41.3 Å². The van der Waals surface area contributed by atoms with Gasteiger partial charge in [0.15, 0.2) is 6.10 Å². The second-order valence-electron chi connectivity index (χ2n) is 12.4. The zero-order chi connectivity index (χ0) is 36.0. The molecule has 0 saturated heterocycles. The van der Waals surface area contributed by atoms with Crippen LogP contribution in [0, 0.1) is 0 Å². The van der Waals surface area contributed by atoms with Crippen molar-refractivity contribution in [2.75, 3.05) is 0 Å². The number of carboxylic acids is 1. The van der Waals surface area contributed by atoms with E-state index in [1.165, 1.54) is 43.1 Å². The van der Waals surface area contributed by atoms with Crippen LogP contribution in [-0.4, -0.2) is 38.9 Å². The number of aromatic nitrogens is 1. The minimum absolute atomic E-state index is 0.137. The fourth-order valence-electron chi connectivity index (χ4n) is 5.36. The lowest BCUT2D eigenvalue weighted by Crippen LogP contribution is -2.28. The number of ether oxygens (including phenoxy) is 1. The van der Waals surface area contributed by atoms with Gasteiger partial charge in [-0.25, -0.2) is 9.78 Å². The molecule has 1 heterocycles. The van der Waals surface area contributed by atoms with E-state index in [-0.39, 0.29) is 18.4 Å². The van der Waals surface area contributed by atoms with E-state index in [0.717, 1.165) is 39.4 Å². The Bertz CT molecular complexity index is 1900. The van der Waals surface area contributed by atoms with E-state index in [0.29, 0.717) is 24.4 Å². The number of carbonyl (C=O) groups excluding carboxylic acids is 2. The van der Waals surface area contributed by atoms with Crippen molar-refractivity contribution in [3.8, 4) is 16.3 Å². The van der Waals surface area contributed by atoms with E-state index >= 15 is 0 Å². The van der Waals surface area contributed by atoms with Gasteiger partial charge in [0.25, 0.3) is 5.91 Å². The highest BCUT2D eigenvalue weighted by molar-refractivity contribution is 7.13. The smallest absolute Gasteiger partial charge is 0.344 e. The maximum Gasteiger partial charge on any atom is 0.344 e. The second kappa shape index (κ2) is 18.5. The lowest BCUT2D eigenvalue weighted by Gasteiger charge is -2.21. The summed E-state index contributed by atoms with van der Waals surface area (Å²) in [5.74, 6) is -0.922. The third kappa shape index (κ3) is 11.2. The summed E-state index contributed by atoms with van der Waals surface area (Å²) in [4.78, 5) is 44.1. The van der Waals surface area contributed by atoms with Gasteiger partial charge in [0.1, 0.15) is 10.8 Å². The van der Waals surface area contributed by atoms with Gasteiger partial charge in [0.2, 0.25) is 5.91 Å². The molecule has 51 heavy (non-hydrogen) atoms. The van der Waals surface area contributed by atoms with Gasteiger partial charge in [-0.2, -0.15) is 0 Å². The van der Waals surface area contributed by atoms with E-state index in [9.17, 15) is 14.4 Å². The van der Waals surface area contributed by atoms with Gasteiger partial charge in [-0.1, -0.05) is 98.6 Å². The van der Waals surface area contributed by atoms with Crippen LogP contribution >= 0.6 is 11.3 Å². The van der Waals surface area contributed by atoms with E-state index in [1.807, 2.05) is 60.0 Å². The molecule has 0 aliphatic rings. The maximum absolute atomic E-state index is 13.5. The molecule has 4 aromatic carbocycles. The van der Waals surface area contributed by atoms with E-state index < -0.39 is 12.1 Å². The zero-order valence-corrected chi connectivity index (χ0v) is 29.8. The van der Waals surface area contributed by atoms with Crippen molar-refractivity contribution < 1.29 is 24.2 Å². The highest BCUT2D eigenvalue weighted by Crippen LogP contribution is 2.26. The Hall–Kier alpha value is -5.54. The van der Waals surface area contributed by atoms with Gasteiger partial charge in [-0.3, -0.25) is 9.59 Å². The number of amides is 2. The predicted molar refractivity (Wildman–Crippen MR) is 202 cm³/mol. The topological polar surface area (TPSA) is 109 Å². The van der Waals surface area contributed by atoms with Crippen molar-refractivity contribution in [2.45, 2.75) is 65.3 Å². The fraction of sp³-hybridized carbons (Fsp3) is 0.238. The molecule has 2 amide bonds. The molecule has 0 saturated carbocycles. The first-order valence-electron chi connectivity index (χ1n) is 17.2. The van der Waals surface area contributed by atoms with Crippen LogP contribution in [0.5, 0.6) is 5.75 Å². The number of rotatable bonds is 17. The molecule has 1 unspecified atom stereocenters. The number of aliphatic carboxylic acids is 1. The molecule has 9 heteroatoms. The van der Waals surface area contributed by atoms with Crippen LogP contribution < -0.4 is 10.1 Å². The van der Waals surface area contributed by atoms with Gasteiger partial charge in [-0.05, 0) is 72.4 Å². The maximum atomic E-state index is 13.5. The van der Waals surface area contributed by atoms with Crippen LogP contribution in [0.15, 0.2) is 115 Å². The van der Waals surface area contributed by atoms with E-state index in [4.69, 9.17) is 14.8 Å². The van der Waals surface area contributed by atoms with Crippen molar-refractivity contribution in [1.29, 1.82) is 0 Å². The standard InChI is InChI=1S/C42H43N3O5S/c1-3-4-6-9-32-12-14-33(15-13-32)26-43-40(47)35-19-21-36(22-20-35)41-44-37(29-51-41)28-45(39(46)25-18-31-10-7-5-8-11-31)27-34-16-23-38(24-17-34)50-30(2)42(48)49/h5,7-8,10-25,29-30H,3-4,6,9,26-28H2,1-2H3,(H,43,47)(H,48,49). The number of hydrogen-bond acceptors (Lipinski definition) is 6. The monoisotopic (exact) mass is 701 g/mol. The van der Waals surface area contributed by atoms with Gasteiger partial charge >= 0.3 is 5.97 Å². The van der Waals surface area contributed by atoms with Crippen LogP contribution in [0.3, 0.4) is 0 Å². The molecule has 0 fully saturated rings. The van der Waals surface area contributed by atoms with Crippen molar-refractivity contribution in [3.63, 3.8) is 0 Å². The molecule has 0 bridgehead atoms. The first-order chi connectivity index (χ1) is 24.8. The van der Waals surface area contributed by atoms with Crippen LogP contribution in [0.25, 0.3) is 16.6 Å². The first-order valence-corrected chi connectivity index (χ1v) is 18.1. The fourth-order valence-corrected chi connectivity index (χ4v) is 6.17. The van der Waals surface area contributed by atoms with Gasteiger partial charge in [0.05, 0.1) is 12.2 Å². The first kappa shape index (κ1) is 36.7. The molecule has 262 valence electrons. The molecule has 1 aromatic heterocycles. The van der Waals surface area contributed by atoms with Crippen LogP contribution in [0.1, 0.15) is 71.4 Å². The Balaban J connectivity index is 1.22. The summed E-state index contributed by atoms with van der Waals surface area (Å²) in [6.07, 6.45) is 7.09. The Kier molecular flexibility index (Phi) is 13.3. The third-order valence-corrected chi connectivity index (χ3v) is 9.27. The van der Waals surface area contributed by atoms with Gasteiger partial charge in [-0.15, -0.1) is 11.3 Å². The van der Waals surface area contributed by atoms with Gasteiger partial charge in [0, 0.05) is 35.7 Å². The normalized spacial score (nSPS) is 11.6. The van der Waals surface area contributed by atoms with Crippen LogP contribution in [0.2, 0.25) is 0 Å². The molecule has 8 nitrogen and oxygen atoms in total. The number of thiazole rings is 1. The average Bonchev–Trinajstić information content (AvgIpc) is 3.63. The minimum Gasteiger partial charge on any atom is -0.479 e. The number of benzene rings is 4. The van der Waals surface area contributed by atoms with E-state index in [2.05, 4.69) is 36.5 Å². The molecule has 0 aliphatic heterocycles. The molecule has 1 atom stereocenters. The largest absolute Gasteiger partial charge is 0.479 e. The average molecular weight is 702 g/mol. The van der Waals surface area contributed by atoms with Crippen LogP contribution in [-0.2, 0) is 35.6 Å². The van der Waals surface area contributed by atoms with Crippen molar-refractivity contribution in [1.82, 2.24) is 15.2 Å². The molecule has 5 aromatic rings. The zero-order valence-electron chi connectivity index (χ0n) is 29.0. The molecular formula is C42H43N3O5S. The highest BCUT2D eigenvalue weighted by Gasteiger charge is 2.17. The highest BCUT2D eigenvalue weighted by atomic mass is 32.1. The lowest BCUT2D eigenvalue weighted by atomic mass is 10.1. The number of aryl methyl sites for hydroxylation is 1. The molecular weight excluding hydrogens is 659 g/mol. The molecule has 2 N–H and O–H groups in total. The quantitative estimate of drug-likeness (QED) is 0.0743. The number of unbranched alkanes of at least 4 members (excludes halogenated alkanes) is 2. The van der Waals surface area contributed by atoms with Crippen LogP contribution in [0.4, 0.5) is 0 Å². The molecule has 0 aliphatic carbocycles. The summed E-state index contributed by atoms with van der Waals surface area (Å²) in [7, 11) is 0. The Morgan fingerprint density at radius 3 is 2.24 bits per heavy atom. The summed E-state index contributed by atoms with van der Waals surface area (Å²) in [5, 5.41) is 14.9. The predicted octanol–water partition coefficient (Wildman–Crippen LogP) is 8.57. The summed E-state index contributed by atoms with van der Waals surface area (Å²) < 4.78 is 5.46. The second-order valence-corrected chi connectivity index (χ2v) is 13.2. The number of carbonyl (C=O) groups is 3. The SMILES string of the molecule is CCCCCc1ccc(CNC(=O)c2ccc(-c3nc(CN(Cc4ccc(OC(C)C(=O)O)cc4)C(=O)C=Cc4ccccc4)cs3)cc2)cc1. The Morgan fingerprint density at radius 1 is 0.863 bits per heavy atom. The van der Waals surface area contributed by atoms with Crippen molar-refractivity contribution >= 4 is 35.2 Å². The van der Waals surface area contributed by atoms with Crippen molar-refractivity contribution in [3.05, 3.63) is 148 Å². The van der Waals surface area contributed by atoms with Crippen molar-refractivity contribution in [2.24, 2.45) is 0 Å². The summed E-state index contributed by atoms with van der Waals surface area (Å²) in [6, 6.07) is 32.5. The Labute approximate surface area is 303 Å². The van der Waals surface area contributed by atoms with Gasteiger partial charge < -0.3 is 20.1 Å². The molecule has 0 radical (unpaired) electrons. The molecule has 0 spiro atoms. The summed E-state index contributed by atoms with van der Waals surface area (Å²) in [5.41, 5.74) is 6.36. The number of nitrogens with one attached hydrogen (secondary N) is 1. The molecule has 5 rings (SSSR count). The lowest BCUT2D eigenvalue weighted by molar-refractivity contribution is -0.144. The number of hydrogen-bond donors (Lipinski definition) is 2.